The van der Waals surface area contributed by atoms with E-state index >= 15 is 0 Å². The number of hydrogen-bond donors (Lipinski definition) is 0. The molecule has 0 atom stereocenters. The van der Waals surface area contributed by atoms with Gasteiger partial charge in [-0.3, -0.25) is 4.79 Å². The van der Waals surface area contributed by atoms with Gasteiger partial charge in [0.1, 0.15) is 12.4 Å². The molecule has 0 N–H and O–H groups in total. The highest BCUT2D eigenvalue weighted by atomic mass is 32.2. The van der Waals surface area contributed by atoms with Gasteiger partial charge in [0.05, 0.1) is 12.0 Å². The maximum Gasteiger partial charge on any atom is 0.290 e. The van der Waals surface area contributed by atoms with Gasteiger partial charge in [-0.2, -0.15) is 4.31 Å². The third kappa shape index (κ3) is 4.08. The molecule has 0 bridgehead atoms. The number of nitrogens with zero attached hydrogens (tertiary/aromatic N) is 2. The first-order valence-corrected chi connectivity index (χ1v) is 10.1. The number of benzene rings is 1. The van der Waals surface area contributed by atoms with Crippen molar-refractivity contribution in [1.29, 1.82) is 0 Å². The topological polar surface area (TPSA) is 80.1 Å². The number of sulfonamides is 1. The summed E-state index contributed by atoms with van der Waals surface area (Å²) in [7, 11) is -3.22. The predicted octanol–water partition coefficient (Wildman–Crippen LogP) is 1.97. The van der Waals surface area contributed by atoms with Gasteiger partial charge < -0.3 is 14.1 Å². The highest BCUT2D eigenvalue weighted by Crippen LogP contribution is 2.19. The first kappa shape index (κ1) is 18.5. The third-order valence-electron chi connectivity index (χ3n) is 4.36. The molecule has 7 nitrogen and oxygen atoms in total. The van der Waals surface area contributed by atoms with Crippen LogP contribution in [0.3, 0.4) is 0 Å². The second-order valence-corrected chi connectivity index (χ2v) is 8.23. The van der Waals surface area contributed by atoms with Gasteiger partial charge in [0.15, 0.2) is 5.76 Å². The average Bonchev–Trinajstić information content (AvgIpc) is 3.15. The summed E-state index contributed by atoms with van der Waals surface area (Å²) in [5.41, 5.74) is 0.669. The second-order valence-electron chi connectivity index (χ2n) is 5.97. The van der Waals surface area contributed by atoms with Gasteiger partial charge in [0, 0.05) is 31.7 Å². The Labute approximate surface area is 153 Å². The van der Waals surface area contributed by atoms with Gasteiger partial charge in [0.25, 0.3) is 5.91 Å². The maximum absolute atomic E-state index is 12.7. The number of amides is 1. The molecule has 1 aliphatic rings. The summed E-state index contributed by atoms with van der Waals surface area (Å²) in [5.74, 6) is 0.786. The molecule has 0 saturated carbocycles. The molecule has 1 aliphatic heterocycles. The van der Waals surface area contributed by atoms with Gasteiger partial charge in [-0.1, -0.05) is 18.2 Å². The van der Waals surface area contributed by atoms with Crippen molar-refractivity contribution in [1.82, 2.24) is 9.21 Å². The molecule has 2 aromatic rings. The number of hydrogen-bond acceptors (Lipinski definition) is 5. The fraction of sp³-hybridized carbons (Fsp3) is 0.389. The zero-order valence-corrected chi connectivity index (χ0v) is 15.4. The Bertz CT molecular complexity index is 839. The average molecular weight is 378 g/mol. The molecule has 2 heterocycles. The Morgan fingerprint density at radius 3 is 2.46 bits per heavy atom. The van der Waals surface area contributed by atoms with Crippen molar-refractivity contribution in [2.45, 2.75) is 13.5 Å². The zero-order chi connectivity index (χ0) is 18.6. The molecule has 0 unspecified atom stereocenters. The van der Waals surface area contributed by atoms with Crippen LogP contribution in [0, 0.1) is 0 Å². The second kappa shape index (κ2) is 7.92. The van der Waals surface area contributed by atoms with Crippen molar-refractivity contribution < 1.29 is 22.4 Å². The number of carbonyl (C=O) groups excluding carboxylic acids is 1. The fourth-order valence-electron chi connectivity index (χ4n) is 2.81. The molecule has 3 rings (SSSR count). The molecule has 140 valence electrons. The molecular weight excluding hydrogens is 356 g/mol. The van der Waals surface area contributed by atoms with Gasteiger partial charge >= 0.3 is 0 Å². The van der Waals surface area contributed by atoms with Crippen molar-refractivity contribution in [2.24, 2.45) is 0 Å². The number of piperazine rings is 1. The Kier molecular flexibility index (Phi) is 5.63. The van der Waals surface area contributed by atoms with E-state index in [4.69, 9.17) is 9.15 Å². The van der Waals surface area contributed by atoms with Crippen LogP contribution >= 0.6 is 0 Å². The standard InChI is InChI=1S/C18H22N2O5S/c1-2-26(22,23)20-11-9-19(10-12-20)18(21)17-15(8-13-24-17)14-25-16-6-4-3-5-7-16/h3-8,13H,2,9-12,14H2,1H3. The van der Waals surface area contributed by atoms with Crippen molar-refractivity contribution in [2.75, 3.05) is 31.9 Å². The van der Waals surface area contributed by atoms with Crippen LogP contribution in [0.4, 0.5) is 0 Å². The molecule has 1 aromatic carbocycles. The molecule has 26 heavy (non-hydrogen) atoms. The molecule has 0 spiro atoms. The number of rotatable bonds is 6. The molecular formula is C18H22N2O5S. The lowest BCUT2D eigenvalue weighted by molar-refractivity contribution is 0.0662. The van der Waals surface area contributed by atoms with Crippen LogP contribution in [0.15, 0.2) is 47.1 Å². The smallest absolute Gasteiger partial charge is 0.290 e. The van der Waals surface area contributed by atoms with Crippen molar-refractivity contribution in [3.8, 4) is 5.75 Å². The van der Waals surface area contributed by atoms with Crippen LogP contribution in [0.1, 0.15) is 23.0 Å². The lowest BCUT2D eigenvalue weighted by Gasteiger charge is -2.33. The fourth-order valence-corrected chi connectivity index (χ4v) is 3.90. The molecule has 0 radical (unpaired) electrons. The van der Waals surface area contributed by atoms with E-state index < -0.39 is 10.0 Å². The Hall–Kier alpha value is -2.32. The molecule has 0 aliphatic carbocycles. The largest absolute Gasteiger partial charge is 0.489 e. The summed E-state index contributed by atoms with van der Waals surface area (Å²) in [6.45, 7) is 3.15. The quantitative estimate of drug-likeness (QED) is 0.768. The number of para-hydroxylation sites is 1. The minimum absolute atomic E-state index is 0.0695. The Morgan fingerprint density at radius 1 is 1.12 bits per heavy atom. The normalized spacial score (nSPS) is 15.8. The van der Waals surface area contributed by atoms with Crippen LogP contribution in [-0.2, 0) is 16.6 Å². The first-order chi connectivity index (χ1) is 12.5. The van der Waals surface area contributed by atoms with Crippen LogP contribution < -0.4 is 4.74 Å². The first-order valence-electron chi connectivity index (χ1n) is 8.52. The van der Waals surface area contributed by atoms with Gasteiger partial charge in [0.2, 0.25) is 10.0 Å². The van der Waals surface area contributed by atoms with Gasteiger partial charge in [-0.25, -0.2) is 8.42 Å². The van der Waals surface area contributed by atoms with E-state index in [0.717, 1.165) is 0 Å². The highest BCUT2D eigenvalue weighted by molar-refractivity contribution is 7.89. The predicted molar refractivity (Wildman–Crippen MR) is 96.4 cm³/mol. The van der Waals surface area contributed by atoms with Crippen LogP contribution in [-0.4, -0.2) is 55.5 Å². The molecule has 1 amide bonds. The van der Waals surface area contributed by atoms with Crippen molar-refractivity contribution in [3.63, 3.8) is 0 Å². The summed E-state index contributed by atoms with van der Waals surface area (Å²) in [5, 5.41) is 0. The maximum atomic E-state index is 12.7. The minimum Gasteiger partial charge on any atom is -0.489 e. The Morgan fingerprint density at radius 2 is 1.81 bits per heavy atom. The SMILES string of the molecule is CCS(=O)(=O)N1CCN(C(=O)c2occc2COc2ccccc2)CC1. The Balaban J connectivity index is 1.62. The number of ether oxygens (including phenoxy) is 1. The molecule has 8 heteroatoms. The van der Waals surface area contributed by atoms with E-state index in [0.29, 0.717) is 37.5 Å². The summed E-state index contributed by atoms with van der Waals surface area (Å²) >= 11 is 0. The van der Waals surface area contributed by atoms with E-state index in [-0.39, 0.29) is 24.0 Å². The number of furan rings is 1. The van der Waals surface area contributed by atoms with E-state index in [1.807, 2.05) is 30.3 Å². The summed E-state index contributed by atoms with van der Waals surface area (Å²) < 4.78 is 36.3. The van der Waals surface area contributed by atoms with Crippen LogP contribution in [0.5, 0.6) is 5.75 Å². The van der Waals surface area contributed by atoms with Gasteiger partial charge in [-0.15, -0.1) is 0 Å². The summed E-state index contributed by atoms with van der Waals surface area (Å²) in [6.07, 6.45) is 1.47. The van der Waals surface area contributed by atoms with E-state index in [9.17, 15) is 13.2 Å². The van der Waals surface area contributed by atoms with Crippen LogP contribution in [0.2, 0.25) is 0 Å². The van der Waals surface area contributed by atoms with E-state index in [1.165, 1.54) is 10.6 Å². The van der Waals surface area contributed by atoms with Crippen LogP contribution in [0.25, 0.3) is 0 Å². The highest BCUT2D eigenvalue weighted by Gasteiger charge is 2.30. The summed E-state index contributed by atoms with van der Waals surface area (Å²) in [6, 6.07) is 11.1. The lowest BCUT2D eigenvalue weighted by atomic mass is 10.2. The van der Waals surface area contributed by atoms with Crippen molar-refractivity contribution in [3.05, 3.63) is 54.0 Å². The number of carbonyl (C=O) groups is 1. The lowest BCUT2D eigenvalue weighted by Crippen LogP contribution is -2.50. The van der Waals surface area contributed by atoms with Gasteiger partial charge in [-0.05, 0) is 25.1 Å². The third-order valence-corrected chi connectivity index (χ3v) is 6.24. The molecule has 1 fully saturated rings. The molecule has 1 saturated heterocycles. The van der Waals surface area contributed by atoms with Crippen molar-refractivity contribution >= 4 is 15.9 Å². The molecule has 1 aromatic heterocycles. The monoisotopic (exact) mass is 378 g/mol. The summed E-state index contributed by atoms with van der Waals surface area (Å²) in [4.78, 5) is 14.3. The van der Waals surface area contributed by atoms with E-state index in [2.05, 4.69) is 0 Å². The zero-order valence-electron chi connectivity index (χ0n) is 14.6. The minimum atomic E-state index is -3.22. The van der Waals surface area contributed by atoms with E-state index in [1.54, 1.807) is 17.9 Å².